The first-order chi connectivity index (χ1) is 38.2. The minimum Gasteiger partial charge on any atom is -0.457 e. The van der Waals surface area contributed by atoms with E-state index < -0.39 is 5.41 Å². The van der Waals surface area contributed by atoms with Crippen molar-refractivity contribution in [3.63, 3.8) is 0 Å². The fraction of sp³-hybridized carbons (Fsp3) is 0.0667. The number of benzene rings is 11. The Morgan fingerprint density at radius 1 is 0.410 bits per heavy atom. The van der Waals surface area contributed by atoms with Crippen LogP contribution in [0.3, 0.4) is 0 Å². The molecule has 3 nitrogen and oxygen atoms in total. The van der Waals surface area contributed by atoms with Crippen molar-refractivity contribution in [3.05, 3.63) is 313 Å². The normalized spacial score (nSPS) is 13.7. The van der Waals surface area contributed by atoms with E-state index in [0.717, 1.165) is 62.1 Å². The Balaban J connectivity index is 0.953. The first-order valence-corrected chi connectivity index (χ1v) is 26.9. The highest BCUT2D eigenvalue weighted by atomic mass is 16.5. The molecule has 0 radical (unpaired) electrons. The second kappa shape index (κ2) is 19.5. The lowest BCUT2D eigenvalue weighted by atomic mass is 9.67. The molecule has 13 rings (SSSR count). The zero-order valence-electron chi connectivity index (χ0n) is 44.2. The van der Waals surface area contributed by atoms with Crippen molar-refractivity contribution in [1.82, 2.24) is 4.57 Å². The van der Waals surface area contributed by atoms with Crippen LogP contribution in [0.15, 0.2) is 274 Å². The summed E-state index contributed by atoms with van der Waals surface area (Å²) in [5, 5.41) is 2.44. The van der Waals surface area contributed by atoms with E-state index in [1.165, 1.54) is 66.3 Å². The van der Waals surface area contributed by atoms with Crippen molar-refractivity contribution in [2.45, 2.75) is 31.6 Å². The molecule has 0 bridgehead atoms. The van der Waals surface area contributed by atoms with Crippen molar-refractivity contribution < 1.29 is 4.74 Å². The molecule has 0 spiro atoms. The van der Waals surface area contributed by atoms with Crippen LogP contribution in [0.25, 0.3) is 73.0 Å². The fourth-order valence-electron chi connectivity index (χ4n) is 11.9. The molecule has 1 heterocycles. The maximum Gasteiger partial charge on any atom is 0.127 e. The topological polar surface area (TPSA) is 17.4 Å². The molecule has 0 saturated carbocycles. The molecule has 0 fully saturated rings. The zero-order chi connectivity index (χ0) is 53.0. The molecule has 12 aromatic rings. The van der Waals surface area contributed by atoms with Crippen LogP contribution in [-0.2, 0) is 10.8 Å². The summed E-state index contributed by atoms with van der Waals surface area (Å²) in [5.74, 6) is 1.56. The molecule has 1 aliphatic rings. The average molecular weight is 1000 g/mol. The summed E-state index contributed by atoms with van der Waals surface area (Å²) in [4.78, 5) is 2.41. The molecule has 0 N–H and O–H groups in total. The second-order valence-corrected chi connectivity index (χ2v) is 21.4. The van der Waals surface area contributed by atoms with Gasteiger partial charge >= 0.3 is 0 Å². The monoisotopic (exact) mass is 1000 g/mol. The number of aromatic nitrogens is 1. The van der Waals surface area contributed by atoms with Gasteiger partial charge in [0, 0.05) is 33.5 Å². The molecule has 3 heteroatoms. The van der Waals surface area contributed by atoms with Gasteiger partial charge in [0.25, 0.3) is 0 Å². The number of ether oxygens (including phenoxy) is 1. The summed E-state index contributed by atoms with van der Waals surface area (Å²) >= 11 is 0. The van der Waals surface area contributed by atoms with Gasteiger partial charge in [0.2, 0.25) is 0 Å². The van der Waals surface area contributed by atoms with Crippen molar-refractivity contribution in [2.75, 3.05) is 4.90 Å². The predicted octanol–water partition coefficient (Wildman–Crippen LogP) is 20.3. The van der Waals surface area contributed by atoms with Crippen LogP contribution in [0.1, 0.15) is 59.7 Å². The lowest BCUT2D eigenvalue weighted by Gasteiger charge is -2.35. The summed E-state index contributed by atoms with van der Waals surface area (Å²) in [7, 11) is 0. The van der Waals surface area contributed by atoms with Crippen LogP contribution in [0.4, 0.5) is 17.1 Å². The van der Waals surface area contributed by atoms with Crippen LogP contribution >= 0.6 is 0 Å². The number of nitrogens with zero attached hydrogens (tertiary/aromatic N) is 2. The quantitative estimate of drug-likeness (QED) is 0.121. The molecule has 1 aliphatic carbocycles. The first-order valence-electron chi connectivity index (χ1n) is 26.9. The summed E-state index contributed by atoms with van der Waals surface area (Å²) < 4.78 is 8.83. The molecule has 1 unspecified atom stereocenters. The Hall–Kier alpha value is -9.70. The molecule has 374 valence electrons. The van der Waals surface area contributed by atoms with Crippen LogP contribution < -0.4 is 9.64 Å². The molecule has 0 aliphatic heterocycles. The summed E-state index contributed by atoms with van der Waals surface area (Å²) in [5.41, 5.74) is 21.4. The zero-order valence-corrected chi connectivity index (χ0v) is 44.2. The number of para-hydroxylation sites is 1. The molecule has 1 atom stereocenters. The van der Waals surface area contributed by atoms with Gasteiger partial charge in [-0.3, -0.25) is 0 Å². The Bertz CT molecular complexity index is 4180. The third-order valence-corrected chi connectivity index (χ3v) is 15.9. The molecule has 78 heavy (non-hydrogen) atoms. The third-order valence-electron chi connectivity index (χ3n) is 15.9. The summed E-state index contributed by atoms with van der Waals surface area (Å²) in [6, 6.07) is 95.2. The Morgan fingerprint density at radius 3 is 1.55 bits per heavy atom. The standard InChI is InChI=1S/C75H58N2O/c1-6-51-21-36-62(37-22-51)77-72-20-14-12-18-68(72)69-49-56(29-48-73(69)77)55-27-40-61(41-28-55)76(60-38-25-54(26-39-60)53-15-9-8-10-16-53)63-42-47-67-66-17-11-13-19-70(66)75(71(67)50-63,58-32-30-57(31-33-58)74(3,4)5)59-34-45-65(46-35-59)78-64-43-23-52(7-2)24-44-64/h6-50H,1-2H2,3-5H3. The Kier molecular flexibility index (Phi) is 12.0. The van der Waals surface area contributed by atoms with Gasteiger partial charge in [-0.2, -0.15) is 0 Å². The number of fused-ring (bicyclic) bond motifs is 6. The average Bonchev–Trinajstić information content (AvgIpc) is 4.17. The lowest BCUT2D eigenvalue weighted by Crippen LogP contribution is -2.29. The summed E-state index contributed by atoms with van der Waals surface area (Å²) in [6.07, 6.45) is 3.74. The molecule has 0 saturated heterocycles. The van der Waals surface area contributed by atoms with Gasteiger partial charge in [-0.1, -0.05) is 216 Å². The van der Waals surface area contributed by atoms with Crippen molar-refractivity contribution in [2.24, 2.45) is 0 Å². The first kappa shape index (κ1) is 48.0. The highest BCUT2D eigenvalue weighted by molar-refractivity contribution is 6.10. The predicted molar refractivity (Wildman–Crippen MR) is 329 cm³/mol. The van der Waals surface area contributed by atoms with Crippen LogP contribution in [-0.4, -0.2) is 4.57 Å². The van der Waals surface area contributed by atoms with E-state index in [2.05, 4.69) is 280 Å². The largest absolute Gasteiger partial charge is 0.457 e. The van der Waals surface area contributed by atoms with Gasteiger partial charge in [-0.25, -0.2) is 0 Å². The Morgan fingerprint density at radius 2 is 0.910 bits per heavy atom. The molecule has 0 amide bonds. The Labute approximate surface area is 458 Å². The molecular formula is C75H58N2O. The second-order valence-electron chi connectivity index (χ2n) is 21.4. The third kappa shape index (κ3) is 8.32. The van der Waals surface area contributed by atoms with E-state index in [1.807, 2.05) is 36.4 Å². The van der Waals surface area contributed by atoms with Gasteiger partial charge in [-0.15, -0.1) is 0 Å². The van der Waals surface area contributed by atoms with Crippen LogP contribution in [0.5, 0.6) is 11.5 Å². The van der Waals surface area contributed by atoms with Crippen molar-refractivity contribution in [1.29, 1.82) is 0 Å². The van der Waals surface area contributed by atoms with E-state index in [4.69, 9.17) is 4.74 Å². The van der Waals surface area contributed by atoms with Crippen molar-refractivity contribution >= 4 is 51.0 Å². The van der Waals surface area contributed by atoms with E-state index in [0.29, 0.717) is 0 Å². The smallest absolute Gasteiger partial charge is 0.127 e. The minimum atomic E-state index is -0.661. The molecule has 1 aromatic heterocycles. The van der Waals surface area contributed by atoms with E-state index in [-0.39, 0.29) is 5.41 Å². The number of rotatable bonds is 12. The van der Waals surface area contributed by atoms with Gasteiger partial charge in [0.1, 0.15) is 11.5 Å². The van der Waals surface area contributed by atoms with Gasteiger partial charge in [0.05, 0.1) is 16.4 Å². The fourth-order valence-corrected chi connectivity index (χ4v) is 11.9. The van der Waals surface area contributed by atoms with Gasteiger partial charge in [-0.05, 0) is 169 Å². The van der Waals surface area contributed by atoms with E-state index in [1.54, 1.807) is 0 Å². The van der Waals surface area contributed by atoms with Gasteiger partial charge < -0.3 is 14.2 Å². The highest BCUT2D eigenvalue weighted by Gasteiger charge is 2.46. The molecule has 11 aromatic carbocycles. The number of hydrogen-bond acceptors (Lipinski definition) is 2. The van der Waals surface area contributed by atoms with E-state index >= 15 is 0 Å². The minimum absolute atomic E-state index is 0.00857. The highest BCUT2D eigenvalue weighted by Crippen LogP contribution is 2.58. The van der Waals surface area contributed by atoms with Crippen LogP contribution in [0, 0.1) is 0 Å². The SMILES string of the molecule is C=Cc1ccc(Oc2ccc(C3(c4ccc(C(C)(C)C)cc4)c4ccccc4-c4ccc(N(c5ccc(-c6ccccc6)cc5)c5ccc(-c6ccc7c(c6)c6ccccc6n7-c6ccc(C=C)cc6)cc5)cc43)cc2)cc1. The lowest BCUT2D eigenvalue weighted by molar-refractivity contribution is 0.482. The number of anilines is 3. The number of hydrogen-bond donors (Lipinski definition) is 0. The van der Waals surface area contributed by atoms with Gasteiger partial charge in [0.15, 0.2) is 0 Å². The van der Waals surface area contributed by atoms with Crippen LogP contribution in [0.2, 0.25) is 0 Å². The maximum atomic E-state index is 6.46. The summed E-state index contributed by atoms with van der Waals surface area (Å²) in [6.45, 7) is 14.7. The van der Waals surface area contributed by atoms with E-state index in [9.17, 15) is 0 Å². The van der Waals surface area contributed by atoms with Crippen molar-refractivity contribution in [3.8, 4) is 50.6 Å². The molecular weight excluding hydrogens is 945 g/mol. The maximum absolute atomic E-state index is 6.46.